The van der Waals surface area contributed by atoms with Crippen LogP contribution in [0.15, 0.2) is 24.3 Å². The fourth-order valence-corrected chi connectivity index (χ4v) is 1.45. The summed E-state index contributed by atoms with van der Waals surface area (Å²) in [6, 6.07) is 6.61. The van der Waals surface area contributed by atoms with Crippen LogP contribution in [0, 0.1) is 0 Å². The Morgan fingerprint density at radius 1 is 1.28 bits per heavy atom. The minimum Gasteiger partial charge on any atom is -0.481 e. The van der Waals surface area contributed by atoms with Crippen LogP contribution in [0.25, 0.3) is 0 Å². The number of hydrogen-bond acceptors (Lipinski definition) is 4. The lowest BCUT2D eigenvalue weighted by Gasteiger charge is -2.15. The van der Waals surface area contributed by atoms with Gasteiger partial charge in [0.1, 0.15) is 5.75 Å². The Balaban J connectivity index is 2.67. The van der Waals surface area contributed by atoms with Crippen molar-refractivity contribution in [2.45, 2.75) is 25.9 Å². The molecule has 0 aliphatic carbocycles. The predicted molar refractivity (Wildman–Crippen MR) is 64.5 cm³/mol. The van der Waals surface area contributed by atoms with Crippen molar-refractivity contribution < 1.29 is 24.2 Å². The smallest absolute Gasteiger partial charge is 0.347 e. The van der Waals surface area contributed by atoms with E-state index in [2.05, 4.69) is 4.74 Å². The first kappa shape index (κ1) is 14.0. The van der Waals surface area contributed by atoms with E-state index in [1.54, 1.807) is 24.3 Å². The van der Waals surface area contributed by atoms with Crippen LogP contribution in [-0.4, -0.2) is 30.3 Å². The van der Waals surface area contributed by atoms with E-state index in [1.807, 2.05) is 6.92 Å². The van der Waals surface area contributed by atoms with Crippen LogP contribution in [0.5, 0.6) is 5.75 Å². The molecule has 0 aliphatic rings. The number of aliphatic carboxylic acids is 1. The van der Waals surface area contributed by atoms with Crippen LogP contribution >= 0.6 is 0 Å². The van der Waals surface area contributed by atoms with Gasteiger partial charge in [0.2, 0.25) is 0 Å². The molecule has 1 unspecified atom stereocenters. The summed E-state index contributed by atoms with van der Waals surface area (Å²) in [5.41, 5.74) is 0.681. The highest BCUT2D eigenvalue weighted by atomic mass is 16.6. The summed E-state index contributed by atoms with van der Waals surface area (Å²) < 4.78 is 10.1. The quantitative estimate of drug-likeness (QED) is 0.779. The number of methoxy groups -OCH3 is 1. The van der Waals surface area contributed by atoms with Crippen LogP contribution in [0.4, 0.5) is 0 Å². The lowest BCUT2D eigenvalue weighted by Crippen LogP contribution is -2.27. The first-order valence-corrected chi connectivity index (χ1v) is 5.62. The molecule has 1 atom stereocenters. The molecule has 1 aromatic carbocycles. The summed E-state index contributed by atoms with van der Waals surface area (Å²) in [4.78, 5) is 21.8. The molecule has 0 amide bonds. The van der Waals surface area contributed by atoms with Gasteiger partial charge < -0.3 is 14.6 Å². The molecule has 5 heteroatoms. The average Bonchev–Trinajstić information content (AvgIpc) is 2.36. The van der Waals surface area contributed by atoms with Gasteiger partial charge in [0.15, 0.2) is 6.10 Å². The topological polar surface area (TPSA) is 72.8 Å². The zero-order valence-electron chi connectivity index (χ0n) is 10.4. The number of carbonyl (C=O) groups excluding carboxylic acids is 1. The van der Waals surface area contributed by atoms with Crippen LogP contribution in [0.3, 0.4) is 0 Å². The molecular formula is C13H16O5. The van der Waals surface area contributed by atoms with E-state index in [4.69, 9.17) is 9.84 Å². The highest BCUT2D eigenvalue weighted by Crippen LogP contribution is 2.16. The second-order valence-electron chi connectivity index (χ2n) is 3.75. The minimum absolute atomic E-state index is 0.0332. The Morgan fingerprint density at radius 3 is 2.33 bits per heavy atom. The van der Waals surface area contributed by atoms with Crippen LogP contribution < -0.4 is 4.74 Å². The van der Waals surface area contributed by atoms with Gasteiger partial charge in [-0.15, -0.1) is 0 Å². The van der Waals surface area contributed by atoms with Crippen molar-refractivity contribution in [1.29, 1.82) is 0 Å². The molecule has 0 heterocycles. The third-order valence-electron chi connectivity index (χ3n) is 2.39. The molecule has 0 aliphatic heterocycles. The van der Waals surface area contributed by atoms with E-state index in [1.165, 1.54) is 7.11 Å². The van der Waals surface area contributed by atoms with E-state index < -0.39 is 18.0 Å². The summed E-state index contributed by atoms with van der Waals surface area (Å²) in [6.07, 6.45) is -0.168. The molecule has 0 saturated heterocycles. The monoisotopic (exact) mass is 252 g/mol. The van der Waals surface area contributed by atoms with Gasteiger partial charge in [-0.25, -0.2) is 4.79 Å². The third kappa shape index (κ3) is 4.08. The summed E-state index contributed by atoms with van der Waals surface area (Å²) in [5.74, 6) is -0.793. The number of ether oxygens (including phenoxy) is 2. The number of carbonyl (C=O) groups is 2. The highest BCUT2D eigenvalue weighted by Gasteiger charge is 2.18. The van der Waals surface area contributed by atoms with Crippen LogP contribution in [0.1, 0.15) is 18.9 Å². The maximum Gasteiger partial charge on any atom is 0.347 e. The summed E-state index contributed by atoms with van der Waals surface area (Å²) in [7, 11) is 1.31. The van der Waals surface area contributed by atoms with Gasteiger partial charge >= 0.3 is 11.9 Å². The Bertz CT molecular complexity index is 410. The van der Waals surface area contributed by atoms with Gasteiger partial charge in [-0.05, 0) is 24.1 Å². The molecule has 0 fully saturated rings. The molecule has 18 heavy (non-hydrogen) atoms. The fraction of sp³-hybridized carbons (Fsp3) is 0.385. The second-order valence-corrected chi connectivity index (χ2v) is 3.75. The Morgan fingerprint density at radius 2 is 1.89 bits per heavy atom. The minimum atomic E-state index is -0.885. The van der Waals surface area contributed by atoms with Gasteiger partial charge in [0, 0.05) is 0 Å². The Labute approximate surface area is 105 Å². The molecule has 0 spiro atoms. The van der Waals surface area contributed by atoms with Gasteiger partial charge in [0.25, 0.3) is 0 Å². The van der Waals surface area contributed by atoms with E-state index in [9.17, 15) is 9.59 Å². The second kappa shape index (κ2) is 6.64. The molecule has 0 radical (unpaired) electrons. The Hall–Kier alpha value is -2.04. The normalized spacial score (nSPS) is 11.7. The number of esters is 1. The van der Waals surface area contributed by atoms with Crippen molar-refractivity contribution in [2.24, 2.45) is 0 Å². The molecule has 0 aromatic heterocycles. The van der Waals surface area contributed by atoms with Crippen molar-refractivity contribution in [2.75, 3.05) is 7.11 Å². The largest absolute Gasteiger partial charge is 0.481 e. The maximum atomic E-state index is 11.3. The molecule has 98 valence electrons. The van der Waals surface area contributed by atoms with Gasteiger partial charge in [-0.1, -0.05) is 19.1 Å². The SMILES string of the molecule is CCC(Oc1ccc(CC(=O)O)cc1)C(=O)OC. The number of benzene rings is 1. The van der Waals surface area contributed by atoms with Gasteiger partial charge in [-0.2, -0.15) is 0 Å². The number of carboxylic acid groups (broad SMARTS) is 1. The van der Waals surface area contributed by atoms with Crippen molar-refractivity contribution in [3.63, 3.8) is 0 Å². The fourth-order valence-electron chi connectivity index (χ4n) is 1.45. The first-order chi connectivity index (χ1) is 8.56. The lowest BCUT2D eigenvalue weighted by molar-refractivity contribution is -0.148. The van der Waals surface area contributed by atoms with Crippen LogP contribution in [-0.2, 0) is 20.7 Å². The van der Waals surface area contributed by atoms with Crippen molar-refractivity contribution in [1.82, 2.24) is 0 Å². The zero-order valence-corrected chi connectivity index (χ0v) is 10.4. The predicted octanol–water partition coefficient (Wildman–Crippen LogP) is 1.64. The van der Waals surface area contributed by atoms with Gasteiger partial charge in [-0.3, -0.25) is 4.79 Å². The van der Waals surface area contributed by atoms with Gasteiger partial charge in [0.05, 0.1) is 13.5 Å². The third-order valence-corrected chi connectivity index (χ3v) is 2.39. The van der Waals surface area contributed by atoms with Crippen molar-refractivity contribution in [3.05, 3.63) is 29.8 Å². The zero-order chi connectivity index (χ0) is 13.5. The van der Waals surface area contributed by atoms with Crippen molar-refractivity contribution >= 4 is 11.9 Å². The van der Waals surface area contributed by atoms with E-state index in [-0.39, 0.29) is 6.42 Å². The van der Waals surface area contributed by atoms with E-state index >= 15 is 0 Å². The molecule has 0 bridgehead atoms. The summed E-state index contributed by atoms with van der Waals surface area (Å²) >= 11 is 0. The number of rotatable bonds is 6. The summed E-state index contributed by atoms with van der Waals surface area (Å²) in [5, 5.41) is 8.63. The first-order valence-electron chi connectivity index (χ1n) is 5.62. The lowest BCUT2D eigenvalue weighted by atomic mass is 10.1. The van der Waals surface area contributed by atoms with E-state index in [0.29, 0.717) is 17.7 Å². The van der Waals surface area contributed by atoms with Crippen molar-refractivity contribution in [3.8, 4) is 5.75 Å². The van der Waals surface area contributed by atoms with Crippen LogP contribution in [0.2, 0.25) is 0 Å². The Kier molecular flexibility index (Phi) is 5.17. The number of carboxylic acids is 1. The summed E-state index contributed by atoms with van der Waals surface area (Å²) in [6.45, 7) is 1.82. The standard InChI is InChI=1S/C13H16O5/c1-3-11(13(16)17-2)18-10-6-4-9(5-7-10)8-12(14)15/h4-7,11H,3,8H2,1-2H3,(H,14,15). The number of hydrogen-bond donors (Lipinski definition) is 1. The molecule has 5 nitrogen and oxygen atoms in total. The molecule has 1 N–H and O–H groups in total. The van der Waals surface area contributed by atoms with E-state index in [0.717, 1.165) is 0 Å². The molecule has 1 rings (SSSR count). The molecule has 1 aromatic rings. The molecule has 0 saturated carbocycles. The maximum absolute atomic E-state index is 11.3. The average molecular weight is 252 g/mol. The highest BCUT2D eigenvalue weighted by molar-refractivity contribution is 5.74. The molecular weight excluding hydrogens is 236 g/mol.